The van der Waals surface area contributed by atoms with E-state index >= 15 is 0 Å². The second-order valence-corrected chi connectivity index (χ2v) is 10.9. The average Bonchev–Trinajstić information content (AvgIpc) is 3.33. The van der Waals surface area contributed by atoms with Gasteiger partial charge in [-0.3, -0.25) is 9.69 Å². The largest absolute Gasteiger partial charge is 0.493 e. The quantitative estimate of drug-likeness (QED) is 0.0967. The van der Waals surface area contributed by atoms with Crippen LogP contribution >= 0.6 is 0 Å². The molecule has 0 saturated carbocycles. The molecule has 41 heavy (non-hydrogen) atoms. The van der Waals surface area contributed by atoms with Crippen LogP contribution in [0.3, 0.4) is 0 Å². The van der Waals surface area contributed by atoms with Crippen molar-refractivity contribution in [3.63, 3.8) is 0 Å². The molecule has 0 spiro atoms. The lowest BCUT2D eigenvalue weighted by Gasteiger charge is -2.27. The maximum Gasteiger partial charge on any atom is 0.338 e. The smallest absolute Gasteiger partial charge is 0.338 e. The molecule has 0 aliphatic carbocycles. The summed E-state index contributed by atoms with van der Waals surface area (Å²) in [7, 11) is 0. The number of ether oxygens (including phenoxy) is 2. The monoisotopic (exact) mass is 565 g/mol. The predicted molar refractivity (Wildman–Crippen MR) is 163 cm³/mol. The van der Waals surface area contributed by atoms with Crippen LogP contribution in [0.1, 0.15) is 112 Å². The highest BCUT2D eigenvalue weighted by Crippen LogP contribution is 2.31. The van der Waals surface area contributed by atoms with Gasteiger partial charge in [-0.2, -0.15) is 0 Å². The third-order valence-corrected chi connectivity index (χ3v) is 7.10. The molecule has 0 aliphatic heterocycles. The van der Waals surface area contributed by atoms with Crippen molar-refractivity contribution in [3.8, 4) is 5.75 Å². The summed E-state index contributed by atoms with van der Waals surface area (Å²) in [6.45, 7) is 12.2. The van der Waals surface area contributed by atoms with Crippen molar-refractivity contribution in [3.05, 3.63) is 64.9 Å². The standard InChI is InChI=1S/C34H47NO6/c1-6-9-12-30-32(28-23-26(15-18-29(28)41-30)34(38)40-24(4)5)33(37)25-13-16-27(17-14-25)39-22-19-31(36)35(20-10-7-2)21-11-8-3/h13-18,23-24,31,36H,6-12,19-22H2,1-5H3. The Morgan fingerprint density at radius 1 is 0.902 bits per heavy atom. The van der Waals surface area contributed by atoms with E-state index in [1.165, 1.54) is 0 Å². The zero-order valence-electron chi connectivity index (χ0n) is 25.4. The molecule has 1 unspecified atom stereocenters. The first-order valence-corrected chi connectivity index (χ1v) is 15.2. The molecule has 0 amide bonds. The van der Waals surface area contributed by atoms with Gasteiger partial charge in [-0.05, 0) is 75.6 Å². The molecule has 0 fully saturated rings. The zero-order chi connectivity index (χ0) is 29.8. The normalized spacial score (nSPS) is 12.3. The van der Waals surface area contributed by atoms with Gasteiger partial charge in [-0.15, -0.1) is 0 Å². The highest BCUT2D eigenvalue weighted by atomic mass is 16.5. The van der Waals surface area contributed by atoms with Crippen molar-refractivity contribution in [2.24, 2.45) is 0 Å². The summed E-state index contributed by atoms with van der Waals surface area (Å²) in [6, 6.07) is 12.2. The van der Waals surface area contributed by atoms with Crippen molar-refractivity contribution in [1.82, 2.24) is 4.90 Å². The van der Waals surface area contributed by atoms with Gasteiger partial charge in [0.1, 0.15) is 23.3 Å². The van der Waals surface area contributed by atoms with E-state index in [1.807, 2.05) is 0 Å². The van der Waals surface area contributed by atoms with Gasteiger partial charge in [0.05, 0.1) is 23.8 Å². The van der Waals surface area contributed by atoms with Crippen LogP contribution in [0.25, 0.3) is 11.0 Å². The predicted octanol–water partition coefficient (Wildman–Crippen LogP) is 7.56. The Balaban J connectivity index is 1.74. The second kappa shape index (κ2) is 16.3. The van der Waals surface area contributed by atoms with Gasteiger partial charge >= 0.3 is 5.97 Å². The van der Waals surface area contributed by atoms with Crippen LogP contribution in [0, 0.1) is 0 Å². The maximum absolute atomic E-state index is 13.8. The fourth-order valence-corrected chi connectivity index (χ4v) is 4.76. The number of aliphatic hydroxyl groups excluding tert-OH is 1. The number of unbranched alkanes of at least 4 members (excludes halogenated alkanes) is 3. The minimum atomic E-state index is -0.535. The van der Waals surface area contributed by atoms with Crippen LogP contribution in [0.5, 0.6) is 5.75 Å². The van der Waals surface area contributed by atoms with Crippen LogP contribution in [0.2, 0.25) is 0 Å². The minimum Gasteiger partial charge on any atom is -0.493 e. The minimum absolute atomic E-state index is 0.159. The number of hydrogen-bond acceptors (Lipinski definition) is 7. The molecule has 1 atom stereocenters. The maximum atomic E-state index is 13.8. The Hall–Kier alpha value is -3.16. The number of benzene rings is 2. The summed E-state index contributed by atoms with van der Waals surface area (Å²) in [5.41, 5.74) is 1.96. The van der Waals surface area contributed by atoms with E-state index in [9.17, 15) is 14.7 Å². The van der Waals surface area contributed by atoms with Gasteiger partial charge in [0, 0.05) is 36.9 Å². The number of esters is 1. The van der Waals surface area contributed by atoms with E-state index < -0.39 is 12.2 Å². The Morgan fingerprint density at radius 2 is 1.54 bits per heavy atom. The van der Waals surface area contributed by atoms with Crippen molar-refractivity contribution >= 4 is 22.7 Å². The molecule has 0 saturated heterocycles. The summed E-state index contributed by atoms with van der Waals surface area (Å²) in [4.78, 5) is 28.5. The number of rotatable bonds is 18. The summed E-state index contributed by atoms with van der Waals surface area (Å²) in [5.74, 6) is 0.686. The van der Waals surface area contributed by atoms with Gasteiger partial charge < -0.3 is 19.0 Å². The molecule has 3 rings (SSSR count). The van der Waals surface area contributed by atoms with Gasteiger partial charge in [0.15, 0.2) is 5.78 Å². The number of fused-ring (bicyclic) bond motifs is 1. The van der Waals surface area contributed by atoms with Crippen molar-refractivity contribution in [2.75, 3.05) is 19.7 Å². The lowest BCUT2D eigenvalue weighted by molar-refractivity contribution is -0.0120. The highest BCUT2D eigenvalue weighted by Gasteiger charge is 2.23. The third kappa shape index (κ3) is 9.17. The van der Waals surface area contributed by atoms with Crippen LogP contribution < -0.4 is 4.74 Å². The zero-order valence-corrected chi connectivity index (χ0v) is 25.4. The van der Waals surface area contributed by atoms with Crippen LogP contribution in [0.4, 0.5) is 0 Å². The first-order valence-electron chi connectivity index (χ1n) is 15.2. The number of nitrogens with zero attached hydrogens (tertiary/aromatic N) is 1. The topological polar surface area (TPSA) is 89.2 Å². The van der Waals surface area contributed by atoms with E-state index in [0.29, 0.717) is 58.6 Å². The summed E-state index contributed by atoms with van der Waals surface area (Å²) >= 11 is 0. The first-order chi connectivity index (χ1) is 19.8. The second-order valence-electron chi connectivity index (χ2n) is 10.9. The SMILES string of the molecule is CCCCc1oc2ccc(C(=O)OC(C)C)cc2c1C(=O)c1ccc(OCCC(O)N(CCCC)CCCC)cc1. The third-order valence-electron chi connectivity index (χ3n) is 7.10. The van der Waals surface area contributed by atoms with Gasteiger partial charge in [-0.1, -0.05) is 40.0 Å². The van der Waals surface area contributed by atoms with E-state index in [-0.39, 0.29) is 11.9 Å². The molecule has 2 aromatic carbocycles. The molecule has 224 valence electrons. The molecule has 0 aliphatic rings. The Labute approximate surface area is 244 Å². The average molecular weight is 566 g/mol. The molecule has 0 radical (unpaired) electrons. The Morgan fingerprint density at radius 3 is 2.15 bits per heavy atom. The molecule has 0 bridgehead atoms. The molecule has 7 nitrogen and oxygen atoms in total. The van der Waals surface area contributed by atoms with Crippen molar-refractivity contribution in [1.29, 1.82) is 0 Å². The van der Waals surface area contributed by atoms with Crippen molar-refractivity contribution < 1.29 is 28.6 Å². The molecule has 3 aromatic rings. The van der Waals surface area contributed by atoms with E-state index in [0.717, 1.165) is 51.6 Å². The van der Waals surface area contributed by atoms with E-state index in [1.54, 1.807) is 56.3 Å². The highest BCUT2D eigenvalue weighted by molar-refractivity contribution is 6.17. The lowest BCUT2D eigenvalue weighted by atomic mass is 9.97. The molecule has 7 heteroatoms. The number of ketones is 1. The van der Waals surface area contributed by atoms with Crippen LogP contribution in [-0.4, -0.2) is 53.8 Å². The summed E-state index contributed by atoms with van der Waals surface area (Å²) in [6.07, 6.45) is 6.53. The van der Waals surface area contributed by atoms with Gasteiger partial charge in [0.2, 0.25) is 0 Å². The number of carbonyl (C=O) groups is 2. The molecular formula is C34H47NO6. The fraction of sp³-hybridized carbons (Fsp3) is 0.529. The van der Waals surface area contributed by atoms with Crippen LogP contribution in [0.15, 0.2) is 46.9 Å². The van der Waals surface area contributed by atoms with Gasteiger partial charge in [-0.25, -0.2) is 4.79 Å². The van der Waals surface area contributed by atoms with E-state index in [4.69, 9.17) is 13.9 Å². The molecular weight excluding hydrogens is 518 g/mol. The number of aryl methyl sites for hydroxylation is 1. The number of furan rings is 1. The molecule has 1 heterocycles. The Kier molecular flexibility index (Phi) is 12.9. The number of carbonyl (C=O) groups excluding carboxylic acids is 2. The Bertz CT molecular complexity index is 1240. The van der Waals surface area contributed by atoms with Crippen molar-refractivity contribution in [2.45, 2.75) is 98.3 Å². The summed E-state index contributed by atoms with van der Waals surface area (Å²) in [5, 5.41) is 11.3. The van der Waals surface area contributed by atoms with E-state index in [2.05, 4.69) is 25.7 Å². The fourth-order valence-electron chi connectivity index (χ4n) is 4.76. The van der Waals surface area contributed by atoms with Crippen LogP contribution in [-0.2, 0) is 11.2 Å². The lowest BCUT2D eigenvalue weighted by Crippen LogP contribution is -2.37. The number of hydrogen-bond donors (Lipinski definition) is 1. The summed E-state index contributed by atoms with van der Waals surface area (Å²) < 4.78 is 17.4. The molecule has 1 N–H and O–H groups in total. The first kappa shape index (κ1) is 32.4. The number of aliphatic hydroxyl groups is 1. The van der Waals surface area contributed by atoms with Gasteiger partial charge in [0.25, 0.3) is 0 Å². The molecule has 1 aromatic heterocycles.